The lowest BCUT2D eigenvalue weighted by molar-refractivity contribution is -0.164. The van der Waals surface area contributed by atoms with E-state index in [1.165, 1.54) is 0 Å². The Morgan fingerprint density at radius 3 is 2.34 bits per heavy atom. The number of amides is 4. The molecule has 5 aliphatic rings. The summed E-state index contributed by atoms with van der Waals surface area (Å²) in [6.45, 7) is 15.9. The number of halogens is 1. The second-order valence-electron chi connectivity index (χ2n) is 18.9. The maximum atomic E-state index is 13.5. The monoisotopic (exact) mass is 850 g/mol. The predicted molar refractivity (Wildman–Crippen MR) is 228 cm³/mol. The first kappa shape index (κ1) is 42.4. The minimum atomic E-state index is -0.635. The van der Waals surface area contributed by atoms with Crippen LogP contribution in [-0.2, 0) is 16.1 Å². The van der Waals surface area contributed by atoms with Crippen molar-refractivity contribution < 1.29 is 28.7 Å². The Labute approximate surface area is 362 Å². The number of carbonyl (C=O) groups is 4. The van der Waals surface area contributed by atoms with Crippen molar-refractivity contribution in [2.75, 3.05) is 24.5 Å². The van der Waals surface area contributed by atoms with Crippen molar-refractivity contribution in [2.45, 2.75) is 123 Å². The predicted octanol–water partition coefficient (Wildman–Crippen LogP) is 5.91. The van der Waals surface area contributed by atoms with E-state index in [1.807, 2.05) is 12.1 Å². The molecule has 4 heterocycles. The van der Waals surface area contributed by atoms with Crippen molar-refractivity contribution >= 4 is 41.0 Å². The van der Waals surface area contributed by atoms with Gasteiger partial charge in [-0.2, -0.15) is 5.26 Å². The molecule has 1 aromatic heterocycles. The largest absolute Gasteiger partial charge is 0.490 e. The van der Waals surface area contributed by atoms with Crippen molar-refractivity contribution in [3.05, 3.63) is 76.2 Å². The van der Waals surface area contributed by atoms with E-state index in [0.717, 1.165) is 62.4 Å². The minimum absolute atomic E-state index is 0.0934. The van der Waals surface area contributed by atoms with Crippen molar-refractivity contribution in [2.24, 2.45) is 16.7 Å². The Hall–Kier alpha value is -5.26. The zero-order valence-electron chi connectivity index (χ0n) is 35.7. The van der Waals surface area contributed by atoms with Gasteiger partial charge in [0.15, 0.2) is 0 Å². The van der Waals surface area contributed by atoms with Crippen LogP contribution in [0.5, 0.6) is 11.5 Å². The summed E-state index contributed by atoms with van der Waals surface area (Å²) in [4.78, 5) is 66.3. The summed E-state index contributed by atoms with van der Waals surface area (Å²) in [6, 6.07) is 12.7. The molecule has 0 spiro atoms. The molecule has 2 saturated heterocycles. The number of imide groups is 1. The van der Waals surface area contributed by atoms with Crippen LogP contribution in [0.1, 0.15) is 112 Å². The van der Waals surface area contributed by atoms with Crippen LogP contribution in [0.15, 0.2) is 48.8 Å². The van der Waals surface area contributed by atoms with Crippen molar-refractivity contribution in [1.82, 2.24) is 30.4 Å². The number of carbonyl (C=O) groups excluding carboxylic acids is 4. The van der Waals surface area contributed by atoms with E-state index >= 15 is 0 Å². The molecule has 322 valence electrons. The lowest BCUT2D eigenvalue weighted by atomic mass is 9.49. The summed E-state index contributed by atoms with van der Waals surface area (Å²) in [7, 11) is 0. The fraction of sp³-hybridized carbons (Fsp3) is 0.543. The summed E-state index contributed by atoms with van der Waals surface area (Å²) in [5.74, 6) is 1.47. The SMILES string of the molecule is CC(C)N(CC1CCN(c2cnc(C(=O)NC3C(C)(C)C(Oc4ccc(C#N)c(Cl)c4)C3(C)C)cn2)CC1)C1CC(Oc2ccc3c(c2)CN(C2CCC(=O)NC2=O)C3=O)C1. The van der Waals surface area contributed by atoms with Gasteiger partial charge in [0.25, 0.3) is 11.8 Å². The Morgan fingerprint density at radius 2 is 1.70 bits per heavy atom. The molecule has 2 aromatic carbocycles. The molecule has 4 amide bonds. The number of aromatic nitrogens is 2. The molecular formula is C46H55ClN8O6. The summed E-state index contributed by atoms with van der Waals surface area (Å²) >= 11 is 6.25. The number of fused-ring (bicyclic) bond motifs is 1. The van der Waals surface area contributed by atoms with E-state index in [9.17, 15) is 24.4 Å². The standard InChI is InChI=1S/C46H55ClN8O6/c1-26(2)54(30-18-33(19-30)60-31-9-10-34-29(17-31)25-55(42(34)59)37-11-12-39(56)51-41(37)58)24-27-13-15-53(16-14-27)38-23-49-36(22-50-38)40(57)52-43-45(3,4)44(46(43,5)6)61-32-8-7-28(21-48)35(47)20-32/h7-10,17,20,22-23,26-27,30,33,37,43-44H,11-16,18-19,24-25H2,1-6H3,(H,52,57)(H,51,56,58). The summed E-state index contributed by atoms with van der Waals surface area (Å²) in [6.07, 6.45) is 7.66. The second-order valence-corrected chi connectivity index (χ2v) is 19.3. The first-order valence-electron chi connectivity index (χ1n) is 21.5. The van der Waals surface area contributed by atoms with Gasteiger partial charge in [-0.1, -0.05) is 39.3 Å². The lowest BCUT2D eigenvalue weighted by Gasteiger charge is -2.63. The number of piperidine rings is 2. The van der Waals surface area contributed by atoms with Gasteiger partial charge in [-0.15, -0.1) is 0 Å². The number of rotatable bonds is 12. The topological polar surface area (TPSA) is 170 Å². The highest BCUT2D eigenvalue weighted by Crippen LogP contribution is 2.55. The molecule has 61 heavy (non-hydrogen) atoms. The first-order chi connectivity index (χ1) is 29.0. The molecule has 15 heteroatoms. The van der Waals surface area contributed by atoms with E-state index in [1.54, 1.807) is 41.6 Å². The molecule has 3 aliphatic heterocycles. The molecule has 2 aliphatic carbocycles. The Morgan fingerprint density at radius 1 is 1.00 bits per heavy atom. The molecule has 2 N–H and O–H groups in total. The summed E-state index contributed by atoms with van der Waals surface area (Å²) < 4.78 is 12.8. The molecule has 8 rings (SSSR count). The third-order valence-corrected chi connectivity index (χ3v) is 14.0. The average Bonchev–Trinajstić information content (AvgIpc) is 3.54. The molecule has 2 saturated carbocycles. The van der Waals surface area contributed by atoms with Gasteiger partial charge in [0.05, 0.1) is 23.0 Å². The molecule has 4 fully saturated rings. The highest BCUT2D eigenvalue weighted by Gasteiger charge is 2.64. The molecule has 1 atom stereocenters. The highest BCUT2D eigenvalue weighted by atomic mass is 35.5. The number of benzene rings is 2. The van der Waals surface area contributed by atoms with Crippen molar-refractivity contribution in [3.8, 4) is 17.6 Å². The van der Waals surface area contributed by atoms with Gasteiger partial charge in [-0.3, -0.25) is 29.4 Å². The molecule has 0 radical (unpaired) electrons. The Bertz CT molecular complexity index is 2230. The van der Waals surface area contributed by atoms with Crippen LogP contribution in [0.4, 0.5) is 5.82 Å². The van der Waals surface area contributed by atoms with Crippen LogP contribution in [0.3, 0.4) is 0 Å². The number of nitrogens with one attached hydrogen (secondary N) is 2. The van der Waals surface area contributed by atoms with Gasteiger partial charge in [-0.25, -0.2) is 9.97 Å². The van der Waals surface area contributed by atoms with Crippen LogP contribution in [0.25, 0.3) is 0 Å². The Balaban J connectivity index is 0.787. The molecule has 0 bridgehead atoms. The number of nitrogens with zero attached hydrogens (tertiary/aromatic N) is 6. The van der Waals surface area contributed by atoms with Gasteiger partial charge in [0, 0.05) is 86.0 Å². The zero-order chi connectivity index (χ0) is 43.4. The molecule has 3 aromatic rings. The van der Waals surface area contributed by atoms with Gasteiger partial charge >= 0.3 is 0 Å². The van der Waals surface area contributed by atoms with Crippen molar-refractivity contribution in [3.63, 3.8) is 0 Å². The zero-order valence-corrected chi connectivity index (χ0v) is 36.5. The van der Waals surface area contributed by atoms with E-state index in [2.05, 4.69) is 78.0 Å². The van der Waals surface area contributed by atoms with Gasteiger partial charge < -0.3 is 24.6 Å². The van der Waals surface area contributed by atoms with Crippen LogP contribution >= 0.6 is 11.6 Å². The van der Waals surface area contributed by atoms with Crippen LogP contribution < -0.4 is 25.0 Å². The average molecular weight is 851 g/mol. The van der Waals surface area contributed by atoms with Crippen LogP contribution in [0, 0.1) is 28.1 Å². The number of hydrogen-bond acceptors (Lipinski definition) is 11. The second kappa shape index (κ2) is 16.5. The molecular weight excluding hydrogens is 796 g/mol. The fourth-order valence-electron chi connectivity index (χ4n) is 10.5. The smallest absolute Gasteiger partial charge is 0.271 e. The number of ether oxygens (including phenoxy) is 2. The maximum absolute atomic E-state index is 13.5. The summed E-state index contributed by atoms with van der Waals surface area (Å²) in [5, 5.41) is 15.1. The third kappa shape index (κ3) is 8.26. The van der Waals surface area contributed by atoms with Crippen molar-refractivity contribution in [1.29, 1.82) is 5.26 Å². The third-order valence-electron chi connectivity index (χ3n) is 13.7. The normalized spacial score (nSPS) is 25.6. The Kier molecular flexibility index (Phi) is 11.5. The number of anilines is 1. The van der Waals surface area contributed by atoms with E-state index in [4.69, 9.17) is 21.1 Å². The van der Waals surface area contributed by atoms with Crippen LogP contribution in [-0.4, -0.2) is 99.4 Å². The van der Waals surface area contributed by atoms with E-state index < -0.39 is 22.8 Å². The lowest BCUT2D eigenvalue weighted by Crippen LogP contribution is -2.74. The van der Waals surface area contributed by atoms with E-state index in [-0.39, 0.29) is 48.1 Å². The highest BCUT2D eigenvalue weighted by molar-refractivity contribution is 6.31. The quantitative estimate of drug-likeness (QED) is 0.208. The van der Waals surface area contributed by atoms with Gasteiger partial charge in [-0.05, 0) is 74.9 Å². The van der Waals surface area contributed by atoms with E-state index in [0.29, 0.717) is 52.9 Å². The minimum Gasteiger partial charge on any atom is -0.490 e. The maximum Gasteiger partial charge on any atom is 0.271 e. The fourth-order valence-corrected chi connectivity index (χ4v) is 10.8. The first-order valence-corrected chi connectivity index (χ1v) is 21.9. The van der Waals surface area contributed by atoms with Gasteiger partial charge in [0.2, 0.25) is 11.8 Å². The molecule has 1 unspecified atom stereocenters. The molecule has 14 nitrogen and oxygen atoms in total. The number of hydrogen-bond donors (Lipinski definition) is 2. The van der Waals surface area contributed by atoms with Gasteiger partial charge in [0.1, 0.15) is 47.3 Å². The van der Waals surface area contributed by atoms with Crippen LogP contribution in [0.2, 0.25) is 5.02 Å². The summed E-state index contributed by atoms with van der Waals surface area (Å²) in [5.41, 5.74) is 1.30. The number of nitriles is 1.